The van der Waals surface area contributed by atoms with Gasteiger partial charge in [0.25, 0.3) is 5.56 Å². The van der Waals surface area contributed by atoms with E-state index in [2.05, 4.69) is 0 Å². The minimum absolute atomic E-state index is 0.195. The molecule has 0 amide bonds. The van der Waals surface area contributed by atoms with E-state index < -0.39 is 0 Å². The molecule has 0 aliphatic heterocycles. The van der Waals surface area contributed by atoms with Crippen LogP contribution in [0.3, 0.4) is 0 Å². The van der Waals surface area contributed by atoms with Crippen molar-refractivity contribution < 1.29 is 13.6 Å². The van der Waals surface area contributed by atoms with E-state index in [4.69, 9.17) is 4.42 Å². The molecule has 0 aliphatic rings. The van der Waals surface area contributed by atoms with Crippen LogP contribution in [0.5, 0.6) is 0 Å². The molecule has 0 spiro atoms. The molecule has 0 N–H and O–H groups in total. The summed E-state index contributed by atoms with van der Waals surface area (Å²) < 4.78 is 20.9. The second kappa shape index (κ2) is 7.92. The largest absolute Gasteiger partial charge is 0.461 e. The highest BCUT2D eigenvalue weighted by atomic mass is 32.1. The quantitative estimate of drug-likeness (QED) is 0.474. The summed E-state index contributed by atoms with van der Waals surface area (Å²) in [6.07, 6.45) is 4.63. The number of thiophene rings is 1. The van der Waals surface area contributed by atoms with Gasteiger partial charge in [0.2, 0.25) is 5.78 Å². The summed E-state index contributed by atoms with van der Waals surface area (Å²) in [7, 11) is 0. The molecule has 0 radical (unpaired) electrons. The monoisotopic (exact) mass is 411 g/mol. The Hall–Kier alpha value is -3.03. The summed E-state index contributed by atoms with van der Waals surface area (Å²) in [6, 6.07) is 11.1. The molecule has 1 aromatic carbocycles. The van der Waals surface area contributed by atoms with Crippen LogP contribution in [0.4, 0.5) is 4.39 Å². The highest BCUT2D eigenvalue weighted by molar-refractivity contribution is 7.08. The van der Waals surface area contributed by atoms with Crippen LogP contribution in [-0.4, -0.2) is 10.4 Å². The average molecular weight is 411 g/mol. The van der Waals surface area contributed by atoms with E-state index in [0.717, 1.165) is 11.1 Å². The maximum Gasteiger partial charge on any atom is 0.269 e. The first-order valence-corrected chi connectivity index (χ1v) is 10.1. The van der Waals surface area contributed by atoms with E-state index >= 15 is 0 Å². The van der Waals surface area contributed by atoms with Crippen LogP contribution >= 0.6 is 22.7 Å². The van der Waals surface area contributed by atoms with Gasteiger partial charge in [-0.05, 0) is 58.3 Å². The van der Waals surface area contributed by atoms with E-state index in [-0.39, 0.29) is 29.5 Å². The highest BCUT2D eigenvalue weighted by Gasteiger charge is 2.10. The number of hydrogen-bond donors (Lipinski definition) is 0. The fourth-order valence-electron chi connectivity index (χ4n) is 2.68. The number of furan rings is 1. The van der Waals surface area contributed by atoms with Crippen LogP contribution in [0, 0.1) is 5.82 Å². The summed E-state index contributed by atoms with van der Waals surface area (Å²) in [6.45, 7) is 0.240. The molecule has 4 nitrogen and oxygen atoms in total. The SMILES string of the molecule is O=C(/C=c1\s/c(=C/c2ccsc2)c(=O)n1Cc1ccc(F)cc1)c1ccco1. The summed E-state index contributed by atoms with van der Waals surface area (Å²) >= 11 is 2.78. The zero-order valence-corrected chi connectivity index (χ0v) is 16.1. The van der Waals surface area contributed by atoms with E-state index in [0.29, 0.717) is 9.20 Å². The van der Waals surface area contributed by atoms with Crippen LogP contribution in [0.1, 0.15) is 21.7 Å². The van der Waals surface area contributed by atoms with Crippen molar-refractivity contribution in [2.75, 3.05) is 0 Å². The molecule has 0 bridgehead atoms. The van der Waals surface area contributed by atoms with Gasteiger partial charge in [-0.1, -0.05) is 12.1 Å². The maximum absolute atomic E-state index is 13.2. The Bertz CT molecular complexity index is 1270. The number of carbonyl (C=O) groups excluding carboxylic acids is 1. The van der Waals surface area contributed by atoms with E-state index in [1.807, 2.05) is 16.8 Å². The van der Waals surface area contributed by atoms with Gasteiger partial charge in [0.1, 0.15) is 10.5 Å². The Labute approximate surface area is 167 Å². The maximum atomic E-state index is 13.2. The number of Topliss-reactive ketones (excluding diaryl/α,β-unsaturated/α-hetero) is 1. The summed E-state index contributed by atoms with van der Waals surface area (Å²) in [4.78, 5) is 25.4. The molecular weight excluding hydrogens is 397 g/mol. The molecule has 0 saturated carbocycles. The third-order valence-corrected chi connectivity index (χ3v) is 5.81. The van der Waals surface area contributed by atoms with Crippen molar-refractivity contribution in [3.63, 3.8) is 0 Å². The van der Waals surface area contributed by atoms with Crippen molar-refractivity contribution in [3.8, 4) is 0 Å². The van der Waals surface area contributed by atoms with Gasteiger partial charge in [-0.3, -0.25) is 14.2 Å². The Kier molecular flexibility index (Phi) is 5.18. The minimum atomic E-state index is -0.340. The topological polar surface area (TPSA) is 52.2 Å². The number of benzene rings is 1. The fraction of sp³-hybridized carbons (Fsp3) is 0.0476. The fourth-order valence-corrected chi connectivity index (χ4v) is 4.34. The second-order valence-electron chi connectivity index (χ2n) is 6.01. The number of ketones is 1. The number of hydrogen-bond acceptors (Lipinski definition) is 5. The van der Waals surface area contributed by atoms with Crippen LogP contribution in [0.15, 0.2) is 68.7 Å². The van der Waals surface area contributed by atoms with Gasteiger partial charge in [-0.2, -0.15) is 11.3 Å². The predicted octanol–water partition coefficient (Wildman–Crippen LogP) is 3.24. The molecule has 0 saturated heterocycles. The van der Waals surface area contributed by atoms with Crippen LogP contribution in [0.25, 0.3) is 12.2 Å². The Balaban J connectivity index is 1.84. The van der Waals surface area contributed by atoms with Gasteiger partial charge in [0.05, 0.1) is 17.3 Å². The van der Waals surface area contributed by atoms with Crippen molar-refractivity contribution in [2.45, 2.75) is 6.54 Å². The van der Waals surface area contributed by atoms with Gasteiger partial charge in [0, 0.05) is 6.08 Å². The normalized spacial score (nSPS) is 12.6. The lowest BCUT2D eigenvalue weighted by Gasteiger charge is -2.02. The van der Waals surface area contributed by atoms with Crippen molar-refractivity contribution in [1.82, 2.24) is 4.57 Å². The molecule has 0 fully saturated rings. The number of carbonyl (C=O) groups is 1. The van der Waals surface area contributed by atoms with Crippen LogP contribution < -0.4 is 14.8 Å². The molecule has 4 aromatic rings. The van der Waals surface area contributed by atoms with Crippen LogP contribution in [-0.2, 0) is 6.54 Å². The Morgan fingerprint density at radius 3 is 2.68 bits per heavy atom. The lowest BCUT2D eigenvalue weighted by Crippen LogP contribution is -2.32. The molecule has 0 aliphatic carbocycles. The first-order chi connectivity index (χ1) is 13.6. The third-order valence-electron chi connectivity index (χ3n) is 4.05. The summed E-state index contributed by atoms with van der Waals surface area (Å²) in [5.41, 5.74) is 1.50. The predicted molar refractivity (Wildman–Crippen MR) is 109 cm³/mol. The lowest BCUT2D eigenvalue weighted by molar-refractivity contribution is 0.103. The first-order valence-electron chi connectivity index (χ1n) is 8.38. The number of nitrogens with zero attached hydrogens (tertiary/aromatic N) is 1. The molecule has 3 aromatic heterocycles. The molecular formula is C21H14FNO3S2. The zero-order valence-electron chi connectivity index (χ0n) is 14.5. The minimum Gasteiger partial charge on any atom is -0.461 e. The molecule has 3 heterocycles. The summed E-state index contributed by atoms with van der Waals surface area (Å²) in [5, 5.41) is 3.88. The lowest BCUT2D eigenvalue weighted by atomic mass is 10.2. The van der Waals surface area contributed by atoms with Gasteiger partial charge in [0.15, 0.2) is 5.76 Å². The summed E-state index contributed by atoms with van der Waals surface area (Å²) in [5.74, 6) is -0.452. The third kappa shape index (κ3) is 3.95. The zero-order chi connectivity index (χ0) is 19.5. The standard InChI is InChI=1S/C21H14FNO3S2/c22-16-5-3-14(4-6-16)12-23-20(11-17(24)18-2-1-8-26-18)28-19(21(23)25)10-15-7-9-27-13-15/h1-11,13H,12H2/b19-10+,20-11-. The van der Waals surface area contributed by atoms with Crippen molar-refractivity contribution in [1.29, 1.82) is 0 Å². The molecule has 0 atom stereocenters. The second-order valence-corrected chi connectivity index (χ2v) is 7.85. The number of aromatic nitrogens is 1. The van der Waals surface area contributed by atoms with E-state index in [9.17, 15) is 14.0 Å². The van der Waals surface area contributed by atoms with Gasteiger partial charge in [-0.25, -0.2) is 4.39 Å². The number of rotatable bonds is 5. The van der Waals surface area contributed by atoms with Gasteiger partial charge < -0.3 is 4.42 Å². The van der Waals surface area contributed by atoms with Crippen molar-refractivity contribution in [2.24, 2.45) is 0 Å². The highest BCUT2D eigenvalue weighted by Crippen LogP contribution is 2.07. The molecule has 7 heteroatoms. The smallest absolute Gasteiger partial charge is 0.269 e. The molecule has 140 valence electrons. The molecule has 28 heavy (non-hydrogen) atoms. The van der Waals surface area contributed by atoms with Gasteiger partial charge >= 0.3 is 0 Å². The number of thiazole rings is 1. The van der Waals surface area contributed by atoms with E-state index in [1.165, 1.54) is 40.4 Å². The first kappa shape index (κ1) is 18.3. The molecule has 0 unspecified atom stereocenters. The Morgan fingerprint density at radius 2 is 2.00 bits per heavy atom. The molecule has 4 rings (SSSR count). The van der Waals surface area contributed by atoms with Crippen LogP contribution in [0.2, 0.25) is 0 Å². The van der Waals surface area contributed by atoms with Crippen molar-refractivity contribution >= 4 is 40.6 Å². The van der Waals surface area contributed by atoms with Gasteiger partial charge in [-0.15, -0.1) is 11.3 Å². The van der Waals surface area contributed by atoms with E-state index in [1.54, 1.807) is 41.7 Å². The average Bonchev–Trinajstić information content (AvgIpc) is 3.43. The Morgan fingerprint density at radius 1 is 1.18 bits per heavy atom. The van der Waals surface area contributed by atoms with Crippen molar-refractivity contribution in [3.05, 3.63) is 102 Å². The number of halogens is 1.